The quantitative estimate of drug-likeness (QED) is 0.934. The molecule has 6 heteroatoms. The lowest BCUT2D eigenvalue weighted by Crippen LogP contribution is -2.49. The molecule has 1 saturated heterocycles. The van der Waals surface area contributed by atoms with Crippen molar-refractivity contribution in [3.63, 3.8) is 0 Å². The van der Waals surface area contributed by atoms with E-state index >= 15 is 0 Å². The highest BCUT2D eigenvalue weighted by Gasteiger charge is 2.40. The standard InChI is InChI=1S/C17H24N6/c1-11-10-23(14(11)13-8-6-5-7-9-13)12(2)15-19-16(18)21-17(20-15)22(3)4/h5-9,11-12,14H,10H2,1-4H3,(H2,18,19,20,21)/t11-,12-,14-/m1/s1. The van der Waals surface area contributed by atoms with E-state index in [1.165, 1.54) is 5.56 Å². The minimum absolute atomic E-state index is 0.0976. The van der Waals surface area contributed by atoms with E-state index in [1.807, 2.05) is 19.0 Å². The largest absolute Gasteiger partial charge is 0.368 e. The molecule has 3 rings (SSSR count). The molecule has 1 aliphatic heterocycles. The molecule has 1 fully saturated rings. The predicted molar refractivity (Wildman–Crippen MR) is 92.0 cm³/mol. The third kappa shape index (κ3) is 2.99. The van der Waals surface area contributed by atoms with E-state index in [0.29, 0.717) is 17.9 Å². The maximum atomic E-state index is 5.86. The molecule has 2 heterocycles. The molecule has 1 aliphatic rings. The zero-order valence-corrected chi connectivity index (χ0v) is 14.1. The number of nitrogen functional groups attached to an aromatic ring is 1. The van der Waals surface area contributed by atoms with Crippen LogP contribution in [0, 0.1) is 5.92 Å². The van der Waals surface area contributed by atoms with Crippen molar-refractivity contribution < 1.29 is 0 Å². The summed E-state index contributed by atoms with van der Waals surface area (Å²) in [4.78, 5) is 17.4. The van der Waals surface area contributed by atoms with Crippen LogP contribution in [0.3, 0.4) is 0 Å². The smallest absolute Gasteiger partial charge is 0.229 e. The molecule has 0 saturated carbocycles. The fourth-order valence-electron chi connectivity index (χ4n) is 3.24. The van der Waals surface area contributed by atoms with Crippen LogP contribution in [-0.4, -0.2) is 40.5 Å². The van der Waals surface area contributed by atoms with E-state index in [9.17, 15) is 0 Å². The first-order valence-corrected chi connectivity index (χ1v) is 7.97. The Bertz CT molecular complexity index is 672. The predicted octanol–water partition coefficient (Wildman–Crippen LogP) is 2.27. The van der Waals surface area contributed by atoms with Crippen LogP contribution in [-0.2, 0) is 0 Å². The van der Waals surface area contributed by atoms with E-state index in [2.05, 4.69) is 64.0 Å². The van der Waals surface area contributed by atoms with Gasteiger partial charge in [-0.2, -0.15) is 15.0 Å². The lowest BCUT2D eigenvalue weighted by molar-refractivity contribution is -0.0139. The lowest BCUT2D eigenvalue weighted by atomic mass is 9.83. The maximum Gasteiger partial charge on any atom is 0.229 e. The number of anilines is 2. The first-order valence-electron chi connectivity index (χ1n) is 7.97. The Hall–Kier alpha value is -2.21. The molecule has 6 nitrogen and oxygen atoms in total. The summed E-state index contributed by atoms with van der Waals surface area (Å²) in [5, 5.41) is 0. The second kappa shape index (κ2) is 6.12. The van der Waals surface area contributed by atoms with Gasteiger partial charge in [-0.1, -0.05) is 37.3 Å². The Labute approximate surface area is 137 Å². The number of hydrogen-bond donors (Lipinski definition) is 1. The van der Waals surface area contributed by atoms with Gasteiger partial charge in [-0.3, -0.25) is 4.90 Å². The van der Waals surface area contributed by atoms with Gasteiger partial charge in [0.25, 0.3) is 0 Å². The van der Waals surface area contributed by atoms with Gasteiger partial charge in [0.2, 0.25) is 11.9 Å². The zero-order chi connectivity index (χ0) is 16.6. The first kappa shape index (κ1) is 15.7. The van der Waals surface area contributed by atoms with Gasteiger partial charge in [-0.15, -0.1) is 0 Å². The number of benzene rings is 1. The van der Waals surface area contributed by atoms with Crippen molar-refractivity contribution in [2.45, 2.75) is 25.9 Å². The minimum atomic E-state index is 0.0976. The molecule has 3 atom stereocenters. The van der Waals surface area contributed by atoms with Crippen molar-refractivity contribution in [1.29, 1.82) is 0 Å². The molecule has 1 aromatic heterocycles. The number of nitrogens with two attached hydrogens (primary N) is 1. The first-order chi connectivity index (χ1) is 11.0. The van der Waals surface area contributed by atoms with Gasteiger partial charge in [0.15, 0.2) is 5.82 Å². The van der Waals surface area contributed by atoms with Gasteiger partial charge >= 0.3 is 0 Å². The zero-order valence-electron chi connectivity index (χ0n) is 14.1. The second-order valence-corrected chi connectivity index (χ2v) is 6.45. The number of hydrogen-bond acceptors (Lipinski definition) is 6. The molecule has 1 aromatic carbocycles. The Balaban J connectivity index is 1.87. The monoisotopic (exact) mass is 312 g/mol. The van der Waals surface area contributed by atoms with E-state index < -0.39 is 0 Å². The van der Waals surface area contributed by atoms with Crippen molar-refractivity contribution in [2.24, 2.45) is 5.92 Å². The molecule has 23 heavy (non-hydrogen) atoms. The average molecular weight is 312 g/mol. The van der Waals surface area contributed by atoms with Gasteiger partial charge in [0.05, 0.1) is 6.04 Å². The van der Waals surface area contributed by atoms with Crippen LogP contribution < -0.4 is 10.6 Å². The van der Waals surface area contributed by atoms with Gasteiger partial charge in [0.1, 0.15) is 0 Å². The highest BCUT2D eigenvalue weighted by molar-refractivity contribution is 5.33. The summed E-state index contributed by atoms with van der Waals surface area (Å²) in [5.74, 6) is 2.22. The average Bonchev–Trinajstić information content (AvgIpc) is 2.52. The molecule has 0 aliphatic carbocycles. The highest BCUT2D eigenvalue weighted by atomic mass is 15.3. The summed E-state index contributed by atoms with van der Waals surface area (Å²) in [7, 11) is 3.81. The molecule has 122 valence electrons. The highest BCUT2D eigenvalue weighted by Crippen LogP contribution is 2.43. The summed E-state index contributed by atoms with van der Waals surface area (Å²) in [6, 6.07) is 11.1. The molecule has 2 aromatic rings. The number of aromatic nitrogens is 3. The molecular formula is C17H24N6. The fraction of sp³-hybridized carbons (Fsp3) is 0.471. The van der Waals surface area contributed by atoms with Crippen molar-refractivity contribution >= 4 is 11.9 Å². The molecular weight excluding hydrogens is 288 g/mol. The van der Waals surface area contributed by atoms with Crippen molar-refractivity contribution in [3.8, 4) is 0 Å². The van der Waals surface area contributed by atoms with Crippen molar-refractivity contribution in [2.75, 3.05) is 31.3 Å². The van der Waals surface area contributed by atoms with Crippen LogP contribution in [0.1, 0.15) is 37.3 Å². The third-order valence-corrected chi connectivity index (χ3v) is 4.47. The van der Waals surface area contributed by atoms with Gasteiger partial charge in [0, 0.05) is 26.7 Å². The van der Waals surface area contributed by atoms with Crippen LogP contribution in [0.5, 0.6) is 0 Å². The molecule has 0 amide bonds. The summed E-state index contributed by atoms with van der Waals surface area (Å²) < 4.78 is 0. The molecule has 0 bridgehead atoms. The molecule has 0 spiro atoms. The van der Waals surface area contributed by atoms with E-state index in [1.54, 1.807) is 0 Å². The Morgan fingerprint density at radius 3 is 2.48 bits per heavy atom. The van der Waals surface area contributed by atoms with Gasteiger partial charge < -0.3 is 10.6 Å². The minimum Gasteiger partial charge on any atom is -0.368 e. The fourth-order valence-corrected chi connectivity index (χ4v) is 3.24. The maximum absolute atomic E-state index is 5.86. The van der Waals surface area contributed by atoms with Crippen LogP contribution in [0.25, 0.3) is 0 Å². The summed E-state index contributed by atoms with van der Waals surface area (Å²) in [6.07, 6.45) is 0. The van der Waals surface area contributed by atoms with Crippen LogP contribution in [0.15, 0.2) is 30.3 Å². The summed E-state index contributed by atoms with van der Waals surface area (Å²) >= 11 is 0. The Kier molecular flexibility index (Phi) is 4.17. The number of rotatable bonds is 4. The normalized spacial score (nSPS) is 22.4. The van der Waals surface area contributed by atoms with Gasteiger partial charge in [-0.25, -0.2) is 0 Å². The van der Waals surface area contributed by atoms with Crippen molar-refractivity contribution in [1.82, 2.24) is 19.9 Å². The summed E-state index contributed by atoms with van der Waals surface area (Å²) in [5.41, 5.74) is 7.20. The lowest BCUT2D eigenvalue weighted by Gasteiger charge is -2.49. The van der Waals surface area contributed by atoms with Crippen LogP contribution in [0.2, 0.25) is 0 Å². The molecule has 2 N–H and O–H groups in total. The van der Waals surface area contributed by atoms with Crippen LogP contribution in [0.4, 0.5) is 11.9 Å². The van der Waals surface area contributed by atoms with Crippen LogP contribution >= 0.6 is 0 Å². The van der Waals surface area contributed by atoms with E-state index in [4.69, 9.17) is 5.73 Å². The number of nitrogens with zero attached hydrogens (tertiary/aromatic N) is 5. The second-order valence-electron chi connectivity index (χ2n) is 6.45. The Morgan fingerprint density at radius 2 is 1.87 bits per heavy atom. The molecule has 0 radical (unpaired) electrons. The Morgan fingerprint density at radius 1 is 1.17 bits per heavy atom. The van der Waals surface area contributed by atoms with Gasteiger partial charge in [-0.05, 0) is 18.4 Å². The van der Waals surface area contributed by atoms with E-state index in [-0.39, 0.29) is 12.0 Å². The van der Waals surface area contributed by atoms with Crippen molar-refractivity contribution in [3.05, 3.63) is 41.7 Å². The topological polar surface area (TPSA) is 71.2 Å². The summed E-state index contributed by atoms with van der Waals surface area (Å²) in [6.45, 7) is 5.45. The van der Waals surface area contributed by atoms with E-state index in [0.717, 1.165) is 12.4 Å². The molecule has 0 unspecified atom stereocenters. The number of likely N-dealkylation sites (tertiary alicyclic amines) is 1. The SMILES string of the molecule is C[C@@H]1CN([C@H](C)c2nc(N)nc(N(C)C)n2)[C@H]1c1ccccc1. The third-order valence-electron chi connectivity index (χ3n) is 4.47.